The van der Waals surface area contributed by atoms with Gasteiger partial charge in [-0.3, -0.25) is 4.79 Å². The largest absolute Gasteiger partial charge is 0.481 e. The van der Waals surface area contributed by atoms with E-state index in [4.69, 9.17) is 5.11 Å². The van der Waals surface area contributed by atoms with Crippen molar-refractivity contribution in [3.63, 3.8) is 0 Å². The molecule has 0 aliphatic heterocycles. The summed E-state index contributed by atoms with van der Waals surface area (Å²) in [7, 11) is 0. The van der Waals surface area contributed by atoms with E-state index < -0.39 is 5.97 Å². The van der Waals surface area contributed by atoms with Gasteiger partial charge in [-0.2, -0.15) is 0 Å². The first-order chi connectivity index (χ1) is 10.0. The van der Waals surface area contributed by atoms with Gasteiger partial charge in [-0.15, -0.1) is 0 Å². The first kappa shape index (κ1) is 15.4. The molecule has 1 aliphatic carbocycles. The lowest BCUT2D eigenvalue weighted by Crippen LogP contribution is -2.37. The van der Waals surface area contributed by atoms with Crippen LogP contribution < -0.4 is 10.6 Å². The number of nitrogens with one attached hydrogen (secondary N) is 2. The highest BCUT2D eigenvalue weighted by Crippen LogP contribution is 2.26. The number of aliphatic carboxylic acids is 1. The van der Waals surface area contributed by atoms with E-state index in [0.717, 1.165) is 29.7 Å². The van der Waals surface area contributed by atoms with E-state index in [1.807, 2.05) is 32.0 Å². The molecular weight excluding hydrogens is 268 g/mol. The van der Waals surface area contributed by atoms with Gasteiger partial charge in [-0.25, -0.2) is 4.79 Å². The minimum absolute atomic E-state index is 0.0554. The summed E-state index contributed by atoms with van der Waals surface area (Å²) in [5.41, 5.74) is 2.98. The third-order valence-electron chi connectivity index (χ3n) is 4.10. The van der Waals surface area contributed by atoms with E-state index in [-0.39, 0.29) is 18.0 Å². The number of urea groups is 1. The number of carbonyl (C=O) groups excluding carboxylic acids is 1. The second kappa shape index (κ2) is 6.61. The molecule has 0 saturated heterocycles. The fourth-order valence-corrected chi connectivity index (χ4v) is 2.87. The van der Waals surface area contributed by atoms with Crippen molar-refractivity contribution in [3.8, 4) is 0 Å². The zero-order valence-electron chi connectivity index (χ0n) is 12.5. The topological polar surface area (TPSA) is 78.4 Å². The molecule has 0 aromatic heterocycles. The molecule has 0 radical (unpaired) electrons. The Morgan fingerprint density at radius 3 is 2.71 bits per heavy atom. The van der Waals surface area contributed by atoms with Gasteiger partial charge in [0.05, 0.1) is 5.92 Å². The lowest BCUT2D eigenvalue weighted by Gasteiger charge is -2.16. The van der Waals surface area contributed by atoms with Crippen molar-refractivity contribution in [2.75, 3.05) is 5.32 Å². The van der Waals surface area contributed by atoms with Crippen LogP contribution in [0.2, 0.25) is 0 Å². The quantitative estimate of drug-likeness (QED) is 0.797. The maximum Gasteiger partial charge on any atom is 0.319 e. The summed E-state index contributed by atoms with van der Waals surface area (Å²) in [4.78, 5) is 23.0. The Bertz CT molecular complexity index is 542. The number of amides is 2. The van der Waals surface area contributed by atoms with Crippen LogP contribution in [0.5, 0.6) is 0 Å². The number of rotatable bonds is 4. The molecule has 2 amide bonds. The molecule has 1 aromatic carbocycles. The smallest absolute Gasteiger partial charge is 0.319 e. The van der Waals surface area contributed by atoms with Crippen molar-refractivity contribution < 1.29 is 14.7 Å². The summed E-state index contributed by atoms with van der Waals surface area (Å²) in [6, 6.07) is 5.63. The number of aryl methyl sites for hydroxylation is 2. The van der Waals surface area contributed by atoms with Gasteiger partial charge in [0.25, 0.3) is 0 Å². The van der Waals surface area contributed by atoms with Gasteiger partial charge >= 0.3 is 12.0 Å². The molecule has 2 unspecified atom stereocenters. The van der Waals surface area contributed by atoms with E-state index in [1.165, 1.54) is 0 Å². The highest BCUT2D eigenvalue weighted by atomic mass is 16.4. The van der Waals surface area contributed by atoms with Crippen molar-refractivity contribution in [2.45, 2.75) is 45.6 Å². The van der Waals surface area contributed by atoms with Crippen molar-refractivity contribution in [3.05, 3.63) is 29.3 Å². The number of carboxylic acid groups (broad SMARTS) is 1. The first-order valence-corrected chi connectivity index (χ1v) is 7.40. The Morgan fingerprint density at radius 1 is 1.33 bits per heavy atom. The van der Waals surface area contributed by atoms with Gasteiger partial charge in [-0.1, -0.05) is 25.1 Å². The van der Waals surface area contributed by atoms with Crippen molar-refractivity contribution >= 4 is 17.7 Å². The standard InChI is InChI=1S/C16H22N2O3/c1-3-11-6-4-5-10(2)14(11)18-16(21)17-13-8-7-12(9-13)15(19)20/h4-6,12-13H,3,7-9H2,1-2H3,(H,19,20)(H2,17,18,21). The highest BCUT2D eigenvalue weighted by molar-refractivity contribution is 5.91. The fraction of sp³-hybridized carbons (Fsp3) is 0.500. The number of anilines is 1. The predicted octanol–water partition coefficient (Wildman–Crippen LogP) is 2.93. The van der Waals surface area contributed by atoms with E-state index in [2.05, 4.69) is 10.6 Å². The molecule has 0 heterocycles. The second-order valence-electron chi connectivity index (χ2n) is 5.61. The third kappa shape index (κ3) is 3.74. The SMILES string of the molecule is CCc1cccc(C)c1NC(=O)NC1CCC(C(=O)O)C1. The minimum atomic E-state index is -0.771. The molecule has 0 spiro atoms. The van der Waals surface area contributed by atoms with E-state index >= 15 is 0 Å². The Balaban J connectivity index is 1.95. The number of carboxylic acids is 1. The molecule has 1 aromatic rings. The molecule has 0 bridgehead atoms. The molecule has 1 fully saturated rings. The van der Waals surface area contributed by atoms with E-state index in [0.29, 0.717) is 12.8 Å². The van der Waals surface area contributed by atoms with Crippen molar-refractivity contribution in [1.82, 2.24) is 5.32 Å². The molecule has 114 valence electrons. The Kier molecular flexibility index (Phi) is 4.83. The maximum atomic E-state index is 12.1. The van der Waals surface area contributed by atoms with Gasteiger partial charge in [0.15, 0.2) is 0 Å². The summed E-state index contributed by atoms with van der Waals surface area (Å²) >= 11 is 0. The number of carbonyl (C=O) groups is 2. The second-order valence-corrected chi connectivity index (χ2v) is 5.61. The Labute approximate surface area is 124 Å². The van der Waals surface area contributed by atoms with Gasteiger partial charge in [0.1, 0.15) is 0 Å². The number of para-hydroxylation sites is 1. The first-order valence-electron chi connectivity index (χ1n) is 7.40. The van der Waals surface area contributed by atoms with Crippen molar-refractivity contribution in [1.29, 1.82) is 0 Å². The van der Waals surface area contributed by atoms with Crippen LogP contribution in [0.15, 0.2) is 18.2 Å². The summed E-state index contributed by atoms with van der Waals surface area (Å²) < 4.78 is 0. The molecule has 1 saturated carbocycles. The van der Waals surface area contributed by atoms with Gasteiger partial charge < -0.3 is 15.7 Å². The molecular formula is C16H22N2O3. The number of hydrogen-bond donors (Lipinski definition) is 3. The monoisotopic (exact) mass is 290 g/mol. The van der Waals surface area contributed by atoms with Crippen molar-refractivity contribution in [2.24, 2.45) is 5.92 Å². The molecule has 3 N–H and O–H groups in total. The number of hydrogen-bond acceptors (Lipinski definition) is 2. The molecule has 1 aliphatic rings. The van der Waals surface area contributed by atoms with Crippen LogP contribution in [0.1, 0.15) is 37.3 Å². The van der Waals surface area contributed by atoms with Crippen LogP contribution in [0.4, 0.5) is 10.5 Å². The average molecular weight is 290 g/mol. The van der Waals surface area contributed by atoms with Crippen LogP contribution in [-0.4, -0.2) is 23.1 Å². The van der Waals surface area contributed by atoms with Gasteiger partial charge in [0, 0.05) is 11.7 Å². The van der Waals surface area contributed by atoms with E-state index in [1.54, 1.807) is 0 Å². The lowest BCUT2D eigenvalue weighted by atomic mass is 10.1. The predicted molar refractivity (Wildman–Crippen MR) is 81.5 cm³/mol. The maximum absolute atomic E-state index is 12.1. The average Bonchev–Trinajstić information content (AvgIpc) is 2.89. The summed E-state index contributed by atoms with van der Waals surface area (Å²) in [6.07, 6.45) is 2.71. The highest BCUT2D eigenvalue weighted by Gasteiger charge is 2.30. The van der Waals surface area contributed by atoms with Gasteiger partial charge in [0.2, 0.25) is 0 Å². The van der Waals surface area contributed by atoms with Crippen LogP contribution in [-0.2, 0) is 11.2 Å². The van der Waals surface area contributed by atoms with Crippen LogP contribution in [0.25, 0.3) is 0 Å². The Morgan fingerprint density at radius 2 is 2.10 bits per heavy atom. The summed E-state index contributed by atoms with van der Waals surface area (Å²) in [5.74, 6) is -1.10. The minimum Gasteiger partial charge on any atom is -0.481 e. The van der Waals surface area contributed by atoms with Crippen LogP contribution in [0, 0.1) is 12.8 Å². The summed E-state index contributed by atoms with van der Waals surface area (Å²) in [6.45, 7) is 4.01. The zero-order chi connectivity index (χ0) is 15.4. The van der Waals surface area contributed by atoms with Crippen LogP contribution in [0.3, 0.4) is 0 Å². The Hall–Kier alpha value is -2.04. The van der Waals surface area contributed by atoms with Gasteiger partial charge in [-0.05, 0) is 43.7 Å². The lowest BCUT2D eigenvalue weighted by molar-refractivity contribution is -0.141. The summed E-state index contributed by atoms with van der Waals surface area (Å²) in [5, 5.41) is 14.8. The fourth-order valence-electron chi connectivity index (χ4n) is 2.87. The zero-order valence-corrected chi connectivity index (χ0v) is 12.5. The third-order valence-corrected chi connectivity index (χ3v) is 4.10. The molecule has 2 atom stereocenters. The molecule has 5 heteroatoms. The molecule has 21 heavy (non-hydrogen) atoms. The molecule has 5 nitrogen and oxygen atoms in total. The normalized spacial score (nSPS) is 21.0. The molecule has 2 rings (SSSR count). The van der Waals surface area contributed by atoms with E-state index in [9.17, 15) is 9.59 Å². The van der Waals surface area contributed by atoms with Crippen LogP contribution >= 0.6 is 0 Å². The number of benzene rings is 1.